The van der Waals surface area contributed by atoms with Crippen LogP contribution in [0.5, 0.6) is 0 Å². The Morgan fingerprint density at radius 1 is 1.30 bits per heavy atom. The van der Waals surface area contributed by atoms with Crippen LogP contribution >= 0.6 is 0 Å². The van der Waals surface area contributed by atoms with Crippen molar-refractivity contribution in [2.45, 2.75) is 25.7 Å². The van der Waals surface area contributed by atoms with Gasteiger partial charge in [0, 0.05) is 18.8 Å². The monoisotopic (exact) mass is 299 g/mol. The zero-order valence-electron chi connectivity index (χ0n) is 12.9. The smallest absolute Gasteiger partial charge is 0.240 e. The maximum atomic E-state index is 12.4. The van der Waals surface area contributed by atoms with Gasteiger partial charge < -0.3 is 10.6 Å². The molecule has 0 spiro atoms. The molecule has 20 heavy (non-hydrogen) atoms. The third-order valence-electron chi connectivity index (χ3n) is 3.10. The summed E-state index contributed by atoms with van der Waals surface area (Å²) < 4.78 is 27.4. The molecule has 1 rings (SSSR count). The first-order valence-electron chi connectivity index (χ1n) is 6.55. The first kappa shape index (κ1) is 16.9. The minimum absolute atomic E-state index is 0.148. The number of nitrogens with zero attached hydrogens (tertiary/aromatic N) is 1. The molecule has 0 heterocycles. The first-order valence-corrected chi connectivity index (χ1v) is 8.03. The molecule has 0 fully saturated rings. The molecule has 114 valence electrons. The fourth-order valence-corrected chi connectivity index (χ4v) is 3.72. The lowest BCUT2D eigenvalue weighted by molar-refractivity contribution is 0.242. The quantitative estimate of drug-likeness (QED) is 0.780. The van der Waals surface area contributed by atoms with Crippen molar-refractivity contribution in [3.8, 4) is 0 Å². The second kappa shape index (κ2) is 6.11. The van der Waals surface area contributed by atoms with Crippen LogP contribution in [-0.2, 0) is 10.0 Å². The number of sulfonamides is 1. The predicted molar refractivity (Wildman–Crippen MR) is 83.1 cm³/mol. The Hall–Kier alpha value is -1.11. The Labute approximate surface area is 122 Å². The summed E-state index contributed by atoms with van der Waals surface area (Å²) in [6, 6.07) is 4.93. The summed E-state index contributed by atoms with van der Waals surface area (Å²) in [7, 11) is 0.410. The fraction of sp³-hybridized carbons (Fsp3) is 0.571. The Balaban J connectivity index is 2.89. The summed E-state index contributed by atoms with van der Waals surface area (Å²) in [6.45, 7) is 6.95. The van der Waals surface area contributed by atoms with E-state index in [1.807, 2.05) is 32.8 Å². The summed E-state index contributed by atoms with van der Waals surface area (Å²) >= 11 is 0. The van der Waals surface area contributed by atoms with E-state index < -0.39 is 10.0 Å². The van der Waals surface area contributed by atoms with Gasteiger partial charge in [0.15, 0.2) is 0 Å². The molecule has 0 aliphatic heterocycles. The van der Waals surface area contributed by atoms with Gasteiger partial charge in [0.05, 0.1) is 4.90 Å². The van der Waals surface area contributed by atoms with Gasteiger partial charge in [0.1, 0.15) is 0 Å². The van der Waals surface area contributed by atoms with Crippen molar-refractivity contribution < 1.29 is 8.42 Å². The fourth-order valence-electron chi connectivity index (χ4n) is 2.20. The van der Waals surface area contributed by atoms with Crippen molar-refractivity contribution in [1.82, 2.24) is 9.62 Å². The van der Waals surface area contributed by atoms with Crippen LogP contribution in [0.4, 0.5) is 5.69 Å². The number of benzene rings is 1. The van der Waals surface area contributed by atoms with Crippen LogP contribution < -0.4 is 10.5 Å². The molecule has 1 aromatic rings. The normalized spacial score (nSPS) is 12.9. The molecule has 0 aliphatic rings. The SMILES string of the molecule is Cc1c(N)cccc1S(=O)(=O)NCC(C)(C)CN(C)C. The third kappa shape index (κ3) is 4.47. The maximum Gasteiger partial charge on any atom is 0.240 e. The van der Waals surface area contributed by atoms with E-state index in [9.17, 15) is 8.42 Å². The Kier molecular flexibility index (Phi) is 5.18. The van der Waals surface area contributed by atoms with Crippen LogP contribution in [0.15, 0.2) is 23.1 Å². The highest BCUT2D eigenvalue weighted by atomic mass is 32.2. The summed E-state index contributed by atoms with van der Waals surface area (Å²) in [5, 5.41) is 0. The average molecular weight is 299 g/mol. The highest BCUT2D eigenvalue weighted by molar-refractivity contribution is 7.89. The number of nitrogens with one attached hydrogen (secondary N) is 1. The van der Waals surface area contributed by atoms with Crippen LogP contribution in [0.3, 0.4) is 0 Å². The molecule has 0 saturated heterocycles. The summed E-state index contributed by atoms with van der Waals surface area (Å²) in [4.78, 5) is 2.29. The van der Waals surface area contributed by atoms with E-state index >= 15 is 0 Å². The minimum atomic E-state index is -3.53. The summed E-state index contributed by atoms with van der Waals surface area (Å²) in [5.41, 5.74) is 6.69. The zero-order valence-corrected chi connectivity index (χ0v) is 13.7. The molecule has 0 aromatic heterocycles. The average Bonchev–Trinajstić information content (AvgIpc) is 2.29. The van der Waals surface area contributed by atoms with Crippen molar-refractivity contribution in [1.29, 1.82) is 0 Å². The summed E-state index contributed by atoms with van der Waals surface area (Å²) in [5.74, 6) is 0. The van der Waals surface area contributed by atoms with E-state index in [4.69, 9.17) is 5.73 Å². The molecule has 0 atom stereocenters. The second-order valence-corrected chi connectivity index (χ2v) is 7.93. The van der Waals surface area contributed by atoms with Crippen molar-refractivity contribution in [3.05, 3.63) is 23.8 Å². The van der Waals surface area contributed by atoms with Gasteiger partial charge in [-0.15, -0.1) is 0 Å². The van der Waals surface area contributed by atoms with Gasteiger partial charge >= 0.3 is 0 Å². The molecule has 0 saturated carbocycles. The van der Waals surface area contributed by atoms with E-state index in [-0.39, 0.29) is 10.3 Å². The molecule has 0 amide bonds. The molecular formula is C14H25N3O2S. The predicted octanol–water partition coefficient (Wildman–Crippen LogP) is 1.44. The highest BCUT2D eigenvalue weighted by Crippen LogP contribution is 2.21. The van der Waals surface area contributed by atoms with E-state index in [0.717, 1.165) is 6.54 Å². The number of nitrogens with two attached hydrogens (primary N) is 1. The summed E-state index contributed by atoms with van der Waals surface area (Å²) in [6.07, 6.45) is 0. The lowest BCUT2D eigenvalue weighted by Crippen LogP contribution is -2.40. The largest absolute Gasteiger partial charge is 0.398 e. The van der Waals surface area contributed by atoms with Gasteiger partial charge in [0.2, 0.25) is 10.0 Å². The third-order valence-corrected chi connectivity index (χ3v) is 4.65. The van der Waals surface area contributed by atoms with Gasteiger partial charge in [-0.25, -0.2) is 13.1 Å². The van der Waals surface area contributed by atoms with E-state index in [0.29, 0.717) is 17.8 Å². The number of anilines is 1. The molecule has 0 bridgehead atoms. The molecular weight excluding hydrogens is 274 g/mol. The van der Waals surface area contributed by atoms with Crippen molar-refractivity contribution >= 4 is 15.7 Å². The first-order chi connectivity index (χ1) is 9.05. The lowest BCUT2D eigenvalue weighted by atomic mass is 9.93. The molecule has 0 radical (unpaired) electrons. The molecule has 1 aromatic carbocycles. The lowest BCUT2D eigenvalue weighted by Gasteiger charge is -2.28. The number of rotatable bonds is 6. The Bertz CT molecular complexity index is 566. The second-order valence-electron chi connectivity index (χ2n) is 6.20. The van der Waals surface area contributed by atoms with Crippen molar-refractivity contribution in [2.24, 2.45) is 5.41 Å². The van der Waals surface area contributed by atoms with Crippen LogP contribution in [0, 0.1) is 12.3 Å². The Morgan fingerprint density at radius 2 is 1.90 bits per heavy atom. The molecule has 0 unspecified atom stereocenters. The number of nitrogen functional groups attached to an aromatic ring is 1. The van der Waals surface area contributed by atoms with Gasteiger partial charge in [-0.2, -0.15) is 0 Å². The van der Waals surface area contributed by atoms with Crippen LogP contribution in [0.2, 0.25) is 0 Å². The van der Waals surface area contributed by atoms with Gasteiger partial charge in [0.25, 0.3) is 0 Å². The maximum absolute atomic E-state index is 12.4. The van der Waals surface area contributed by atoms with E-state index in [2.05, 4.69) is 4.72 Å². The van der Waals surface area contributed by atoms with Gasteiger partial charge in [-0.3, -0.25) is 0 Å². The van der Waals surface area contributed by atoms with Gasteiger partial charge in [-0.1, -0.05) is 19.9 Å². The highest BCUT2D eigenvalue weighted by Gasteiger charge is 2.24. The number of hydrogen-bond donors (Lipinski definition) is 2. The van der Waals surface area contributed by atoms with Crippen molar-refractivity contribution in [2.75, 3.05) is 32.9 Å². The Morgan fingerprint density at radius 3 is 2.45 bits per heavy atom. The molecule has 0 aliphatic carbocycles. The minimum Gasteiger partial charge on any atom is -0.398 e. The number of hydrogen-bond acceptors (Lipinski definition) is 4. The molecule has 3 N–H and O–H groups in total. The molecule has 6 heteroatoms. The van der Waals surface area contributed by atoms with Crippen LogP contribution in [-0.4, -0.2) is 40.5 Å². The topological polar surface area (TPSA) is 75.4 Å². The van der Waals surface area contributed by atoms with Gasteiger partial charge in [-0.05, 0) is 44.1 Å². The van der Waals surface area contributed by atoms with E-state index in [1.165, 1.54) is 0 Å². The van der Waals surface area contributed by atoms with Crippen LogP contribution in [0.25, 0.3) is 0 Å². The zero-order chi connectivity index (χ0) is 15.6. The standard InChI is InChI=1S/C14H25N3O2S/c1-11-12(15)7-6-8-13(11)20(18,19)16-9-14(2,3)10-17(4)5/h6-8,16H,9-10,15H2,1-5H3. The van der Waals surface area contributed by atoms with E-state index in [1.54, 1.807) is 25.1 Å². The molecule has 5 nitrogen and oxygen atoms in total. The van der Waals surface area contributed by atoms with Crippen molar-refractivity contribution in [3.63, 3.8) is 0 Å². The van der Waals surface area contributed by atoms with Crippen LogP contribution in [0.1, 0.15) is 19.4 Å².